The van der Waals surface area contributed by atoms with Crippen molar-refractivity contribution in [1.29, 1.82) is 0 Å². The van der Waals surface area contributed by atoms with Crippen molar-refractivity contribution in [3.05, 3.63) is 36.5 Å². The average Bonchev–Trinajstić information content (AvgIpc) is 2.43. The minimum atomic E-state index is -0.641. The highest BCUT2D eigenvalue weighted by atomic mass is 16.5. The molecule has 1 aromatic carbocycles. The Hall–Kier alpha value is -2.14. The maximum Gasteiger partial charge on any atom is 0.275 e. The molecular formula is C14H17N3O2. The van der Waals surface area contributed by atoms with E-state index < -0.39 is 6.10 Å². The van der Waals surface area contributed by atoms with Gasteiger partial charge >= 0.3 is 0 Å². The molecule has 5 nitrogen and oxygen atoms in total. The van der Waals surface area contributed by atoms with Crippen molar-refractivity contribution in [3.63, 3.8) is 0 Å². The van der Waals surface area contributed by atoms with Crippen molar-refractivity contribution in [2.45, 2.75) is 20.0 Å². The molecular weight excluding hydrogens is 242 g/mol. The lowest BCUT2D eigenvalue weighted by Gasteiger charge is -2.21. The largest absolute Gasteiger partial charge is 0.478 e. The zero-order valence-corrected chi connectivity index (χ0v) is 11.0. The predicted octanol–water partition coefficient (Wildman–Crippen LogP) is 1.63. The summed E-state index contributed by atoms with van der Waals surface area (Å²) in [5, 5.41) is 0.968. The lowest BCUT2D eigenvalue weighted by Crippen LogP contribution is -2.44. The van der Waals surface area contributed by atoms with E-state index in [0.717, 1.165) is 10.9 Å². The number of benzene rings is 1. The smallest absolute Gasteiger partial charge is 0.275 e. The molecule has 0 aliphatic carbocycles. The van der Waals surface area contributed by atoms with Gasteiger partial charge in [-0.25, -0.2) is 5.84 Å². The number of nitrogens with zero attached hydrogens (tertiary/aromatic N) is 1. The number of ether oxygens (including phenoxy) is 1. The van der Waals surface area contributed by atoms with Gasteiger partial charge in [-0.3, -0.25) is 15.2 Å². The van der Waals surface area contributed by atoms with E-state index in [9.17, 15) is 4.79 Å². The molecule has 3 N–H and O–H groups in total. The number of para-hydroxylation sites is 1. The molecule has 0 aliphatic heterocycles. The van der Waals surface area contributed by atoms with E-state index in [-0.39, 0.29) is 11.8 Å². The Bertz CT molecular complexity index is 578. The molecule has 0 fully saturated rings. The third-order valence-corrected chi connectivity index (χ3v) is 2.86. The number of hydrazine groups is 1. The second kappa shape index (κ2) is 5.67. The molecule has 0 saturated carbocycles. The molecule has 1 aromatic heterocycles. The third-order valence-electron chi connectivity index (χ3n) is 2.86. The Labute approximate surface area is 111 Å². The first kappa shape index (κ1) is 13.3. The summed E-state index contributed by atoms with van der Waals surface area (Å²) in [6, 6.07) is 9.43. The van der Waals surface area contributed by atoms with Gasteiger partial charge in [0, 0.05) is 11.6 Å². The fourth-order valence-electron chi connectivity index (χ4n) is 1.88. The third kappa shape index (κ3) is 2.82. The quantitative estimate of drug-likeness (QED) is 0.497. The number of carbonyl (C=O) groups is 1. The Morgan fingerprint density at radius 3 is 2.74 bits per heavy atom. The highest BCUT2D eigenvalue weighted by Gasteiger charge is 2.24. The first-order valence-corrected chi connectivity index (χ1v) is 6.14. The molecule has 0 saturated heterocycles. The van der Waals surface area contributed by atoms with E-state index >= 15 is 0 Å². The molecule has 19 heavy (non-hydrogen) atoms. The number of nitrogens with two attached hydrogens (primary N) is 1. The number of hydrogen-bond acceptors (Lipinski definition) is 4. The lowest BCUT2D eigenvalue weighted by molar-refractivity contribution is -0.129. The average molecular weight is 259 g/mol. The maximum atomic E-state index is 11.7. The van der Waals surface area contributed by atoms with Gasteiger partial charge < -0.3 is 4.74 Å². The Morgan fingerprint density at radius 2 is 2.05 bits per heavy atom. The second-order valence-corrected chi connectivity index (χ2v) is 4.62. The van der Waals surface area contributed by atoms with Gasteiger partial charge in [0.25, 0.3) is 5.91 Å². The van der Waals surface area contributed by atoms with E-state index in [1.54, 1.807) is 12.3 Å². The topological polar surface area (TPSA) is 77.2 Å². The molecule has 1 amide bonds. The van der Waals surface area contributed by atoms with Crippen LogP contribution in [0.4, 0.5) is 0 Å². The maximum absolute atomic E-state index is 11.7. The van der Waals surface area contributed by atoms with Gasteiger partial charge in [0.05, 0.1) is 0 Å². The molecule has 1 unspecified atom stereocenters. The van der Waals surface area contributed by atoms with E-state index in [2.05, 4.69) is 10.4 Å². The van der Waals surface area contributed by atoms with Crippen molar-refractivity contribution in [2.75, 3.05) is 0 Å². The van der Waals surface area contributed by atoms with Gasteiger partial charge in [-0.15, -0.1) is 0 Å². The Kier molecular flexibility index (Phi) is 3.97. The fraction of sp³-hybridized carbons (Fsp3) is 0.286. The van der Waals surface area contributed by atoms with Crippen LogP contribution in [0.25, 0.3) is 10.9 Å². The Balaban J connectivity index is 2.36. The van der Waals surface area contributed by atoms with Gasteiger partial charge in [0.2, 0.25) is 0 Å². The minimum Gasteiger partial charge on any atom is -0.478 e. The van der Waals surface area contributed by atoms with Gasteiger partial charge in [-0.05, 0) is 18.1 Å². The lowest BCUT2D eigenvalue weighted by atomic mass is 10.1. The van der Waals surface area contributed by atoms with Gasteiger partial charge in [-0.2, -0.15) is 0 Å². The number of pyridine rings is 1. The van der Waals surface area contributed by atoms with Crippen molar-refractivity contribution in [1.82, 2.24) is 10.4 Å². The number of fused-ring (bicyclic) bond motifs is 1. The fourth-order valence-corrected chi connectivity index (χ4v) is 1.88. The summed E-state index contributed by atoms with van der Waals surface area (Å²) in [5.41, 5.74) is 2.87. The standard InChI is InChI=1S/C14H17N3O2/c1-9(2)13(14(18)17-15)19-11-7-3-5-10-6-4-8-16-12(10)11/h3-9,13H,15H2,1-2H3,(H,17,18). The van der Waals surface area contributed by atoms with Crippen LogP contribution >= 0.6 is 0 Å². The molecule has 100 valence electrons. The number of nitrogens with one attached hydrogen (secondary N) is 1. The zero-order valence-electron chi connectivity index (χ0n) is 11.0. The summed E-state index contributed by atoms with van der Waals surface area (Å²) in [7, 11) is 0. The molecule has 0 spiro atoms. The van der Waals surface area contributed by atoms with E-state index in [0.29, 0.717) is 5.75 Å². The minimum absolute atomic E-state index is 0.00233. The predicted molar refractivity (Wildman–Crippen MR) is 73.3 cm³/mol. The van der Waals surface area contributed by atoms with Gasteiger partial charge in [0.15, 0.2) is 6.10 Å². The van der Waals surface area contributed by atoms with E-state index in [4.69, 9.17) is 10.6 Å². The number of rotatable bonds is 4. The molecule has 5 heteroatoms. The highest BCUT2D eigenvalue weighted by molar-refractivity contribution is 5.85. The molecule has 1 atom stereocenters. The van der Waals surface area contributed by atoms with Crippen molar-refractivity contribution >= 4 is 16.8 Å². The summed E-state index contributed by atoms with van der Waals surface area (Å²) in [4.78, 5) is 16.0. The van der Waals surface area contributed by atoms with Crippen LogP contribution in [0.15, 0.2) is 36.5 Å². The first-order chi connectivity index (χ1) is 9.13. The summed E-state index contributed by atoms with van der Waals surface area (Å²) >= 11 is 0. The summed E-state index contributed by atoms with van der Waals surface area (Å²) in [6.07, 6.45) is 1.06. The first-order valence-electron chi connectivity index (χ1n) is 6.14. The van der Waals surface area contributed by atoms with Crippen LogP contribution in [0, 0.1) is 5.92 Å². The molecule has 0 radical (unpaired) electrons. The van der Waals surface area contributed by atoms with Crippen LogP contribution in [0.1, 0.15) is 13.8 Å². The highest BCUT2D eigenvalue weighted by Crippen LogP contribution is 2.25. The SMILES string of the molecule is CC(C)C(Oc1cccc2cccnc12)C(=O)NN. The van der Waals surface area contributed by atoms with Crippen LogP contribution < -0.4 is 16.0 Å². The number of aromatic nitrogens is 1. The van der Waals surface area contributed by atoms with Crippen LogP contribution in [0.5, 0.6) is 5.75 Å². The normalized spacial score (nSPS) is 12.4. The molecule has 1 heterocycles. The molecule has 2 rings (SSSR count). The van der Waals surface area contributed by atoms with Gasteiger partial charge in [0.1, 0.15) is 11.3 Å². The van der Waals surface area contributed by atoms with Crippen LogP contribution in [-0.4, -0.2) is 17.0 Å². The van der Waals surface area contributed by atoms with E-state index in [1.807, 2.05) is 38.1 Å². The zero-order chi connectivity index (χ0) is 13.8. The monoisotopic (exact) mass is 259 g/mol. The van der Waals surface area contributed by atoms with Crippen LogP contribution in [-0.2, 0) is 4.79 Å². The summed E-state index contributed by atoms with van der Waals surface area (Å²) < 4.78 is 5.79. The van der Waals surface area contributed by atoms with Crippen LogP contribution in [0.2, 0.25) is 0 Å². The number of carbonyl (C=O) groups excluding carboxylic acids is 1. The Morgan fingerprint density at radius 1 is 1.32 bits per heavy atom. The van der Waals surface area contributed by atoms with Gasteiger partial charge in [-0.1, -0.05) is 32.0 Å². The van der Waals surface area contributed by atoms with Crippen molar-refractivity contribution in [2.24, 2.45) is 11.8 Å². The van der Waals surface area contributed by atoms with Crippen LogP contribution in [0.3, 0.4) is 0 Å². The number of amides is 1. The molecule has 0 aliphatic rings. The molecule has 2 aromatic rings. The van der Waals surface area contributed by atoms with Crippen molar-refractivity contribution < 1.29 is 9.53 Å². The number of hydrogen-bond donors (Lipinski definition) is 2. The second-order valence-electron chi connectivity index (χ2n) is 4.62. The summed E-state index contributed by atoms with van der Waals surface area (Å²) in [5.74, 6) is 5.42. The van der Waals surface area contributed by atoms with E-state index in [1.165, 1.54) is 0 Å². The van der Waals surface area contributed by atoms with Crippen molar-refractivity contribution in [3.8, 4) is 5.75 Å². The summed E-state index contributed by atoms with van der Waals surface area (Å²) in [6.45, 7) is 3.80. The molecule has 0 bridgehead atoms.